The van der Waals surface area contributed by atoms with Gasteiger partial charge in [-0.2, -0.15) is 0 Å². The van der Waals surface area contributed by atoms with E-state index >= 15 is 0 Å². The van der Waals surface area contributed by atoms with Crippen molar-refractivity contribution in [2.45, 2.75) is 26.8 Å². The number of benzene rings is 1. The van der Waals surface area contributed by atoms with Crippen LogP contribution >= 0.6 is 12.4 Å². The van der Waals surface area contributed by atoms with Gasteiger partial charge in [-0.15, -0.1) is 12.4 Å². The lowest BCUT2D eigenvalue weighted by Gasteiger charge is -2.27. The first-order valence-corrected chi connectivity index (χ1v) is 4.46. The van der Waals surface area contributed by atoms with Crippen molar-refractivity contribution in [2.75, 3.05) is 0 Å². The quantitative estimate of drug-likeness (QED) is 0.757. The minimum absolute atomic E-state index is 0. The molecule has 0 aliphatic heterocycles. The molecule has 0 unspecified atom stereocenters. The highest BCUT2D eigenvalue weighted by molar-refractivity contribution is 5.85. The van der Waals surface area contributed by atoms with Crippen molar-refractivity contribution >= 4 is 12.4 Å². The van der Waals surface area contributed by atoms with E-state index in [1.54, 1.807) is 12.1 Å². The first kappa shape index (κ1) is 13.3. The van der Waals surface area contributed by atoms with E-state index in [0.29, 0.717) is 0 Å². The summed E-state index contributed by atoms with van der Waals surface area (Å²) < 4.78 is 0. The summed E-state index contributed by atoms with van der Waals surface area (Å²) in [6.45, 7) is 6.31. The van der Waals surface area contributed by atoms with Crippen LogP contribution < -0.4 is 5.73 Å². The lowest BCUT2D eigenvalue weighted by atomic mass is 9.83. The molecule has 0 aliphatic carbocycles. The van der Waals surface area contributed by atoms with Gasteiger partial charge in [0.1, 0.15) is 5.75 Å². The second-order valence-corrected chi connectivity index (χ2v) is 4.44. The number of nitrogens with two attached hydrogens (primary N) is 1. The Bertz CT molecular complexity index is 276. The molecule has 0 bridgehead atoms. The molecule has 0 saturated heterocycles. The molecule has 0 spiro atoms. The highest BCUT2D eigenvalue weighted by Gasteiger charge is 2.21. The third-order valence-corrected chi connectivity index (χ3v) is 2.19. The van der Waals surface area contributed by atoms with Gasteiger partial charge in [0.2, 0.25) is 0 Å². The van der Waals surface area contributed by atoms with Gasteiger partial charge in [0.05, 0.1) is 0 Å². The largest absolute Gasteiger partial charge is 0.508 e. The molecule has 0 radical (unpaired) electrons. The van der Waals surface area contributed by atoms with Gasteiger partial charge in [-0.3, -0.25) is 0 Å². The monoisotopic (exact) mass is 215 g/mol. The molecule has 3 heteroatoms. The van der Waals surface area contributed by atoms with Crippen LogP contribution in [0.3, 0.4) is 0 Å². The van der Waals surface area contributed by atoms with E-state index < -0.39 is 0 Å². The number of hydrogen-bond donors (Lipinski definition) is 2. The van der Waals surface area contributed by atoms with Crippen LogP contribution in [0.2, 0.25) is 0 Å². The van der Waals surface area contributed by atoms with E-state index in [9.17, 15) is 0 Å². The van der Waals surface area contributed by atoms with Gasteiger partial charge in [0.25, 0.3) is 0 Å². The Morgan fingerprint density at radius 3 is 1.93 bits per heavy atom. The van der Waals surface area contributed by atoms with Crippen LogP contribution in [-0.4, -0.2) is 5.11 Å². The lowest BCUT2D eigenvalue weighted by molar-refractivity contribution is 0.326. The van der Waals surface area contributed by atoms with Crippen LogP contribution in [0.4, 0.5) is 0 Å². The first-order chi connectivity index (χ1) is 5.91. The average Bonchev–Trinajstić information content (AvgIpc) is 2.03. The smallest absolute Gasteiger partial charge is 0.115 e. The Balaban J connectivity index is 0.00000169. The molecule has 3 N–H and O–H groups in total. The number of rotatable bonds is 1. The zero-order valence-corrected chi connectivity index (χ0v) is 9.64. The Labute approximate surface area is 91.5 Å². The molecule has 0 aromatic heterocycles. The Morgan fingerprint density at radius 2 is 1.57 bits per heavy atom. The summed E-state index contributed by atoms with van der Waals surface area (Å²) in [4.78, 5) is 0. The predicted octanol–water partition coefficient (Wildman–Crippen LogP) is 2.86. The fraction of sp³-hybridized carbons (Fsp3) is 0.455. The van der Waals surface area contributed by atoms with Crippen LogP contribution in [0.25, 0.3) is 0 Å². The van der Waals surface area contributed by atoms with Crippen molar-refractivity contribution in [3.63, 3.8) is 0 Å². The molecule has 0 amide bonds. The third kappa shape index (κ3) is 3.20. The van der Waals surface area contributed by atoms with Crippen molar-refractivity contribution < 1.29 is 5.11 Å². The maximum Gasteiger partial charge on any atom is 0.115 e. The maximum absolute atomic E-state index is 9.10. The van der Waals surface area contributed by atoms with E-state index in [4.69, 9.17) is 10.8 Å². The third-order valence-electron chi connectivity index (χ3n) is 2.19. The van der Waals surface area contributed by atoms with E-state index in [-0.39, 0.29) is 29.6 Å². The van der Waals surface area contributed by atoms with Crippen molar-refractivity contribution in [1.29, 1.82) is 0 Å². The Kier molecular flexibility index (Phi) is 4.43. The van der Waals surface area contributed by atoms with Gasteiger partial charge in [0, 0.05) is 6.04 Å². The molecule has 0 aliphatic rings. The average molecular weight is 216 g/mol. The van der Waals surface area contributed by atoms with E-state index in [0.717, 1.165) is 5.56 Å². The summed E-state index contributed by atoms with van der Waals surface area (Å²) in [6, 6.07) is 7.08. The number of halogens is 1. The fourth-order valence-electron chi connectivity index (χ4n) is 1.18. The Morgan fingerprint density at radius 1 is 1.14 bits per heavy atom. The summed E-state index contributed by atoms with van der Waals surface area (Å²) in [5, 5.41) is 9.10. The van der Waals surface area contributed by atoms with Crippen LogP contribution in [0.5, 0.6) is 5.75 Å². The molecule has 80 valence electrons. The van der Waals surface area contributed by atoms with Gasteiger partial charge in [-0.25, -0.2) is 0 Å². The van der Waals surface area contributed by atoms with Gasteiger partial charge < -0.3 is 10.8 Å². The summed E-state index contributed by atoms with van der Waals surface area (Å²) in [5.41, 5.74) is 7.15. The maximum atomic E-state index is 9.10. The topological polar surface area (TPSA) is 46.2 Å². The van der Waals surface area contributed by atoms with Crippen LogP contribution in [0, 0.1) is 5.41 Å². The fourth-order valence-corrected chi connectivity index (χ4v) is 1.18. The summed E-state index contributed by atoms with van der Waals surface area (Å²) >= 11 is 0. The standard InChI is InChI=1S/C11H17NO.ClH/c1-11(2,3)10(12)8-4-6-9(13)7-5-8;/h4-7,10,13H,12H2,1-3H3;1H/t10-;/m1./s1. The van der Waals surface area contributed by atoms with Crippen LogP contribution in [0.15, 0.2) is 24.3 Å². The van der Waals surface area contributed by atoms with Crippen molar-refractivity contribution in [1.82, 2.24) is 0 Å². The van der Waals surface area contributed by atoms with Crippen LogP contribution in [0.1, 0.15) is 32.4 Å². The zero-order chi connectivity index (χ0) is 10.1. The van der Waals surface area contributed by atoms with E-state index in [2.05, 4.69) is 20.8 Å². The number of aromatic hydroxyl groups is 1. The summed E-state index contributed by atoms with van der Waals surface area (Å²) in [7, 11) is 0. The van der Waals surface area contributed by atoms with Gasteiger partial charge >= 0.3 is 0 Å². The molecule has 0 saturated carbocycles. The van der Waals surface area contributed by atoms with E-state index in [1.165, 1.54) is 0 Å². The zero-order valence-electron chi connectivity index (χ0n) is 8.82. The summed E-state index contributed by atoms with van der Waals surface area (Å²) in [5.74, 6) is 0.282. The van der Waals surface area contributed by atoms with Crippen LogP contribution in [-0.2, 0) is 0 Å². The van der Waals surface area contributed by atoms with E-state index in [1.807, 2.05) is 12.1 Å². The first-order valence-electron chi connectivity index (χ1n) is 4.46. The minimum atomic E-state index is 0. The van der Waals surface area contributed by atoms with Crippen molar-refractivity contribution in [2.24, 2.45) is 11.1 Å². The molecule has 14 heavy (non-hydrogen) atoms. The minimum Gasteiger partial charge on any atom is -0.508 e. The van der Waals surface area contributed by atoms with Crippen molar-refractivity contribution in [3.05, 3.63) is 29.8 Å². The lowest BCUT2D eigenvalue weighted by Crippen LogP contribution is -2.26. The molecule has 2 nitrogen and oxygen atoms in total. The molecule has 1 aromatic carbocycles. The number of phenolic OH excluding ortho intramolecular Hbond substituents is 1. The normalized spacial score (nSPS) is 13.1. The van der Waals surface area contributed by atoms with Gasteiger partial charge in [-0.05, 0) is 23.1 Å². The summed E-state index contributed by atoms with van der Waals surface area (Å²) in [6.07, 6.45) is 0. The molecule has 1 atom stereocenters. The molecule has 0 heterocycles. The molecule has 1 aromatic rings. The molecular formula is C11H18ClNO. The number of phenols is 1. The highest BCUT2D eigenvalue weighted by atomic mass is 35.5. The van der Waals surface area contributed by atoms with Crippen molar-refractivity contribution in [3.8, 4) is 5.75 Å². The molecular weight excluding hydrogens is 198 g/mol. The number of hydrogen-bond acceptors (Lipinski definition) is 2. The highest BCUT2D eigenvalue weighted by Crippen LogP contribution is 2.30. The second-order valence-electron chi connectivity index (χ2n) is 4.44. The Hall–Kier alpha value is -0.730. The second kappa shape index (κ2) is 4.67. The van der Waals surface area contributed by atoms with Gasteiger partial charge in [0.15, 0.2) is 0 Å². The SMILES string of the molecule is CC(C)(C)[C@H](N)c1ccc(O)cc1.Cl. The predicted molar refractivity (Wildman–Crippen MR) is 61.7 cm³/mol. The molecule has 1 rings (SSSR count). The van der Waals surface area contributed by atoms with Gasteiger partial charge in [-0.1, -0.05) is 32.9 Å². The molecule has 0 fully saturated rings.